The highest BCUT2D eigenvalue weighted by molar-refractivity contribution is 9.10. The Balaban J connectivity index is 3.91. The van der Waals surface area contributed by atoms with Gasteiger partial charge in [0, 0.05) is 0 Å². The molecule has 0 spiro atoms. The van der Waals surface area contributed by atoms with Crippen molar-refractivity contribution >= 4 is 21.9 Å². The van der Waals surface area contributed by atoms with Gasteiger partial charge < -0.3 is 10.8 Å². The minimum atomic E-state index is -1.23. The molecule has 0 bridgehead atoms. The van der Waals surface area contributed by atoms with E-state index in [1.165, 1.54) is 0 Å². The maximum atomic E-state index is 10.1. The van der Waals surface area contributed by atoms with Gasteiger partial charge in [0.25, 0.3) is 0 Å². The van der Waals surface area contributed by atoms with Crippen molar-refractivity contribution < 1.29 is 9.90 Å². The molecule has 0 aliphatic heterocycles. The smallest absolute Gasteiger partial charge is 0.334 e. The van der Waals surface area contributed by atoms with Gasteiger partial charge in [-0.25, -0.2) is 4.79 Å². The molecule has 0 aliphatic rings. The average Bonchev–Trinajstić information content (AvgIpc) is 1.67. The summed E-state index contributed by atoms with van der Waals surface area (Å²) < 4.78 is -1.23. The van der Waals surface area contributed by atoms with Crippen molar-refractivity contribution in [3.05, 3.63) is 0 Å². The highest BCUT2D eigenvalue weighted by Crippen LogP contribution is 2.13. The molecule has 1 unspecified atom stereocenters. The third-order valence-corrected chi connectivity index (χ3v) is 1.77. The van der Waals surface area contributed by atoms with Crippen LogP contribution in [-0.4, -0.2) is 15.5 Å². The molecule has 0 saturated carbocycles. The summed E-state index contributed by atoms with van der Waals surface area (Å²) in [5.41, 5.74) is 5.18. The Labute approximate surface area is 56.0 Å². The highest BCUT2D eigenvalue weighted by atomic mass is 79.9. The summed E-state index contributed by atoms with van der Waals surface area (Å²) in [7, 11) is 0. The maximum absolute atomic E-state index is 10.1. The van der Waals surface area contributed by atoms with E-state index in [-0.39, 0.29) is 0 Å². The Morgan fingerprint density at radius 1 is 2.00 bits per heavy atom. The highest BCUT2D eigenvalue weighted by Gasteiger charge is 2.27. The minimum Gasteiger partial charge on any atom is -0.479 e. The fourth-order valence-electron chi connectivity index (χ4n) is 0.151. The molecule has 0 amide bonds. The van der Waals surface area contributed by atoms with Gasteiger partial charge in [-0.05, 0) is 6.42 Å². The van der Waals surface area contributed by atoms with Crippen LogP contribution in [0, 0.1) is 0 Å². The molecule has 3 nitrogen and oxygen atoms in total. The van der Waals surface area contributed by atoms with E-state index in [1.54, 1.807) is 6.92 Å². The van der Waals surface area contributed by atoms with Gasteiger partial charge in [0.05, 0.1) is 0 Å². The zero-order valence-corrected chi connectivity index (χ0v) is 6.10. The number of rotatable bonds is 2. The van der Waals surface area contributed by atoms with E-state index >= 15 is 0 Å². The van der Waals surface area contributed by atoms with Gasteiger partial charge in [0.15, 0.2) is 4.45 Å². The molecule has 0 rings (SSSR count). The van der Waals surface area contributed by atoms with Gasteiger partial charge in [-0.2, -0.15) is 0 Å². The van der Waals surface area contributed by atoms with Crippen LogP contribution >= 0.6 is 15.9 Å². The molecule has 4 heteroatoms. The van der Waals surface area contributed by atoms with Crippen molar-refractivity contribution in [2.75, 3.05) is 0 Å². The van der Waals surface area contributed by atoms with Crippen molar-refractivity contribution in [3.63, 3.8) is 0 Å². The maximum Gasteiger partial charge on any atom is 0.334 e. The second-order valence-electron chi connectivity index (χ2n) is 1.52. The fourth-order valence-corrected chi connectivity index (χ4v) is 0.151. The van der Waals surface area contributed by atoms with Gasteiger partial charge in [0.1, 0.15) is 0 Å². The Morgan fingerprint density at radius 2 is 2.38 bits per heavy atom. The van der Waals surface area contributed by atoms with E-state index in [2.05, 4.69) is 15.9 Å². The van der Waals surface area contributed by atoms with Crippen LogP contribution in [0.25, 0.3) is 0 Å². The molecule has 0 aliphatic carbocycles. The summed E-state index contributed by atoms with van der Waals surface area (Å²) >= 11 is 2.82. The van der Waals surface area contributed by atoms with Crippen LogP contribution in [0.1, 0.15) is 13.3 Å². The average molecular weight is 182 g/mol. The van der Waals surface area contributed by atoms with Crippen molar-refractivity contribution in [2.45, 2.75) is 17.8 Å². The van der Waals surface area contributed by atoms with E-state index in [4.69, 9.17) is 10.8 Å². The van der Waals surface area contributed by atoms with Gasteiger partial charge in [0.2, 0.25) is 0 Å². The molecular formula is C4H8BrNO2. The third-order valence-electron chi connectivity index (χ3n) is 0.870. The number of hydrogen-bond donors (Lipinski definition) is 2. The molecular weight excluding hydrogens is 174 g/mol. The number of hydrogen-bond acceptors (Lipinski definition) is 2. The monoisotopic (exact) mass is 181 g/mol. The summed E-state index contributed by atoms with van der Waals surface area (Å²) in [5.74, 6) is -1.03. The zero-order chi connectivity index (χ0) is 6.78. The first-order valence-electron chi connectivity index (χ1n) is 2.22. The lowest BCUT2D eigenvalue weighted by atomic mass is 10.2. The number of aliphatic carboxylic acids is 1. The first kappa shape index (κ1) is 7.91. The molecule has 0 aromatic carbocycles. The molecule has 1 atom stereocenters. The Kier molecular flexibility index (Phi) is 2.43. The summed E-state index contributed by atoms with van der Waals surface area (Å²) in [4.78, 5) is 10.1. The second-order valence-corrected chi connectivity index (χ2v) is 2.94. The van der Waals surface area contributed by atoms with E-state index in [9.17, 15) is 4.79 Å². The minimum absolute atomic E-state index is 0.377. The van der Waals surface area contributed by atoms with E-state index in [0.717, 1.165) is 0 Å². The lowest BCUT2D eigenvalue weighted by Gasteiger charge is -2.12. The molecule has 0 aromatic rings. The summed E-state index contributed by atoms with van der Waals surface area (Å²) in [6.07, 6.45) is 0.377. The van der Waals surface area contributed by atoms with E-state index in [1.807, 2.05) is 0 Å². The van der Waals surface area contributed by atoms with Crippen molar-refractivity contribution in [2.24, 2.45) is 5.73 Å². The fraction of sp³-hybridized carbons (Fsp3) is 0.750. The normalized spacial score (nSPS) is 17.4. The number of nitrogens with two attached hydrogens (primary N) is 1. The van der Waals surface area contributed by atoms with E-state index < -0.39 is 10.4 Å². The molecule has 3 N–H and O–H groups in total. The van der Waals surface area contributed by atoms with Gasteiger partial charge >= 0.3 is 5.97 Å². The number of carboxylic acids is 1. The Bertz CT molecular complexity index is 102. The quantitative estimate of drug-likeness (QED) is 0.483. The summed E-state index contributed by atoms with van der Waals surface area (Å²) in [6, 6.07) is 0. The Morgan fingerprint density at radius 3 is 2.38 bits per heavy atom. The van der Waals surface area contributed by atoms with Gasteiger partial charge in [-0.1, -0.05) is 22.9 Å². The first-order chi connectivity index (χ1) is 3.50. The predicted octanol–water partition coefficient (Wildman–Crippen LogP) is 0.531. The Hall–Kier alpha value is -0.0900. The van der Waals surface area contributed by atoms with Crippen LogP contribution in [0.5, 0.6) is 0 Å². The van der Waals surface area contributed by atoms with Crippen LogP contribution < -0.4 is 5.73 Å². The zero-order valence-electron chi connectivity index (χ0n) is 4.52. The van der Waals surface area contributed by atoms with Gasteiger partial charge in [-0.3, -0.25) is 0 Å². The molecule has 0 aromatic heterocycles. The molecule has 8 heavy (non-hydrogen) atoms. The standard InChI is InChI=1S/C4H8BrNO2/c1-2-4(5,6)3(7)8/h2,6H2,1H3,(H,7,8). The van der Waals surface area contributed by atoms with Gasteiger partial charge in [-0.15, -0.1) is 0 Å². The first-order valence-corrected chi connectivity index (χ1v) is 3.01. The molecule has 0 heterocycles. The van der Waals surface area contributed by atoms with Crippen molar-refractivity contribution in [1.29, 1.82) is 0 Å². The largest absolute Gasteiger partial charge is 0.479 e. The molecule has 0 saturated heterocycles. The summed E-state index contributed by atoms with van der Waals surface area (Å²) in [6.45, 7) is 1.70. The van der Waals surface area contributed by atoms with E-state index in [0.29, 0.717) is 6.42 Å². The SMILES string of the molecule is CCC(N)(Br)C(=O)O. The van der Waals surface area contributed by atoms with Crippen molar-refractivity contribution in [3.8, 4) is 0 Å². The predicted molar refractivity (Wildman–Crippen MR) is 33.8 cm³/mol. The molecule has 0 fully saturated rings. The lowest BCUT2D eigenvalue weighted by molar-refractivity contribution is -0.139. The van der Waals surface area contributed by atoms with Crippen LogP contribution in [0.2, 0.25) is 0 Å². The summed E-state index contributed by atoms with van der Waals surface area (Å²) in [5, 5.41) is 8.27. The molecule has 0 radical (unpaired) electrons. The van der Waals surface area contributed by atoms with Crippen LogP contribution in [0.15, 0.2) is 0 Å². The number of alkyl halides is 1. The van der Waals surface area contributed by atoms with Crippen LogP contribution in [-0.2, 0) is 4.79 Å². The van der Waals surface area contributed by atoms with Crippen LogP contribution in [0.3, 0.4) is 0 Å². The number of halogens is 1. The number of carbonyl (C=O) groups is 1. The topological polar surface area (TPSA) is 63.3 Å². The number of carboxylic acid groups (broad SMARTS) is 1. The lowest BCUT2D eigenvalue weighted by Crippen LogP contribution is -2.40. The van der Waals surface area contributed by atoms with Crippen LogP contribution in [0.4, 0.5) is 0 Å². The third kappa shape index (κ3) is 1.79. The second kappa shape index (κ2) is 2.46. The molecule has 48 valence electrons. The van der Waals surface area contributed by atoms with Crippen molar-refractivity contribution in [1.82, 2.24) is 0 Å².